The van der Waals surface area contributed by atoms with Crippen LogP contribution in [0.5, 0.6) is 0 Å². The Bertz CT molecular complexity index is 537. The van der Waals surface area contributed by atoms with E-state index in [1.54, 1.807) is 15.8 Å². The summed E-state index contributed by atoms with van der Waals surface area (Å²) in [5.41, 5.74) is 0.236. The molecule has 6 heteroatoms. The average molecular weight is 322 g/mol. The lowest BCUT2D eigenvalue weighted by Crippen LogP contribution is -2.32. The minimum atomic E-state index is -3.34. The minimum absolute atomic E-state index is 0.236. The van der Waals surface area contributed by atoms with Crippen LogP contribution >= 0.6 is 22.9 Å². The molecule has 108 valence electrons. The van der Waals surface area contributed by atoms with Gasteiger partial charge in [-0.05, 0) is 30.7 Å². The van der Waals surface area contributed by atoms with E-state index in [9.17, 15) is 8.42 Å². The fourth-order valence-electron chi connectivity index (χ4n) is 2.35. The summed E-state index contributed by atoms with van der Waals surface area (Å²) in [4.78, 5) is 1.29. The summed E-state index contributed by atoms with van der Waals surface area (Å²) in [6, 6.07) is 1.70. The highest BCUT2D eigenvalue weighted by atomic mass is 35.5. The predicted molar refractivity (Wildman–Crippen MR) is 80.3 cm³/mol. The molecule has 19 heavy (non-hydrogen) atoms. The van der Waals surface area contributed by atoms with Crippen molar-refractivity contribution >= 4 is 33.0 Å². The Hall–Kier alpha value is -0.100. The normalized spacial score (nSPS) is 21.2. The Morgan fingerprint density at radius 2 is 2.11 bits per heavy atom. The molecule has 2 rings (SSSR count). The van der Waals surface area contributed by atoms with Crippen LogP contribution in [0, 0.1) is 5.41 Å². The van der Waals surface area contributed by atoms with Gasteiger partial charge in [-0.1, -0.05) is 13.8 Å². The minimum Gasteiger partial charge on any atom is -0.207 e. The first-order valence-electron chi connectivity index (χ1n) is 6.49. The smallest absolute Gasteiger partial charge is 0.207 e. The number of rotatable bonds is 3. The Morgan fingerprint density at radius 3 is 2.74 bits per heavy atom. The molecule has 1 aliphatic rings. The van der Waals surface area contributed by atoms with Gasteiger partial charge < -0.3 is 0 Å². The van der Waals surface area contributed by atoms with Crippen molar-refractivity contribution in [1.29, 1.82) is 0 Å². The lowest BCUT2D eigenvalue weighted by molar-refractivity contribution is 0.315. The number of hydrogen-bond acceptors (Lipinski definition) is 3. The van der Waals surface area contributed by atoms with Gasteiger partial charge in [-0.2, -0.15) is 4.31 Å². The highest BCUT2D eigenvalue weighted by Crippen LogP contribution is 2.32. The first-order valence-corrected chi connectivity index (χ1v) is 9.34. The van der Waals surface area contributed by atoms with Crippen molar-refractivity contribution in [3.63, 3.8) is 0 Å². The molecule has 0 unspecified atom stereocenters. The Morgan fingerprint density at radius 1 is 1.37 bits per heavy atom. The first-order chi connectivity index (χ1) is 8.85. The lowest BCUT2D eigenvalue weighted by Gasteiger charge is -2.22. The summed E-state index contributed by atoms with van der Waals surface area (Å²) in [5, 5.41) is 1.70. The third-order valence-corrected chi connectivity index (χ3v) is 7.11. The second-order valence-corrected chi connectivity index (χ2v) is 9.01. The Labute approximate surface area is 124 Å². The predicted octanol–water partition coefficient (Wildman–Crippen LogP) is 3.69. The molecule has 0 spiro atoms. The van der Waals surface area contributed by atoms with E-state index in [-0.39, 0.29) is 5.41 Å². The average Bonchev–Trinajstić information content (AvgIpc) is 2.75. The molecule has 0 saturated carbocycles. The van der Waals surface area contributed by atoms with Gasteiger partial charge in [0, 0.05) is 23.3 Å². The van der Waals surface area contributed by atoms with Gasteiger partial charge in [0.25, 0.3) is 0 Å². The molecular weight excluding hydrogens is 302 g/mol. The van der Waals surface area contributed by atoms with Crippen molar-refractivity contribution in [1.82, 2.24) is 4.31 Å². The monoisotopic (exact) mass is 321 g/mol. The molecule has 1 aromatic rings. The van der Waals surface area contributed by atoms with Crippen LogP contribution < -0.4 is 0 Å². The number of nitrogens with zero attached hydrogens (tertiary/aromatic N) is 1. The van der Waals surface area contributed by atoms with Crippen LogP contribution in [0.3, 0.4) is 0 Å². The maximum Gasteiger partial charge on any atom is 0.243 e. The molecule has 0 aromatic carbocycles. The molecule has 0 radical (unpaired) electrons. The van der Waals surface area contributed by atoms with Gasteiger partial charge in [0.15, 0.2) is 0 Å². The van der Waals surface area contributed by atoms with Gasteiger partial charge in [0.05, 0.1) is 10.8 Å². The van der Waals surface area contributed by atoms with E-state index in [2.05, 4.69) is 13.8 Å². The van der Waals surface area contributed by atoms with E-state index in [0.29, 0.717) is 23.9 Å². The van der Waals surface area contributed by atoms with Gasteiger partial charge in [-0.25, -0.2) is 8.42 Å². The van der Waals surface area contributed by atoms with Crippen LogP contribution in [0.4, 0.5) is 0 Å². The summed E-state index contributed by atoms with van der Waals surface area (Å²) >= 11 is 7.15. The van der Waals surface area contributed by atoms with E-state index >= 15 is 0 Å². The second-order valence-electron chi connectivity index (χ2n) is 5.80. The van der Waals surface area contributed by atoms with Crippen LogP contribution in [0.1, 0.15) is 38.0 Å². The number of alkyl halides is 1. The number of hydrogen-bond donors (Lipinski definition) is 0. The third-order valence-electron chi connectivity index (χ3n) is 3.70. The topological polar surface area (TPSA) is 37.4 Å². The maximum absolute atomic E-state index is 12.6. The highest BCUT2D eigenvalue weighted by Gasteiger charge is 2.30. The molecule has 3 nitrogen and oxygen atoms in total. The summed E-state index contributed by atoms with van der Waals surface area (Å²) in [7, 11) is -3.34. The summed E-state index contributed by atoms with van der Waals surface area (Å²) < 4.78 is 26.8. The van der Waals surface area contributed by atoms with Crippen LogP contribution in [-0.2, 0) is 15.9 Å². The quantitative estimate of drug-likeness (QED) is 0.796. The van der Waals surface area contributed by atoms with Crippen LogP contribution in [-0.4, -0.2) is 25.8 Å². The zero-order chi connectivity index (χ0) is 14.1. The van der Waals surface area contributed by atoms with Crippen LogP contribution in [0.2, 0.25) is 0 Å². The van der Waals surface area contributed by atoms with E-state index in [4.69, 9.17) is 11.6 Å². The van der Waals surface area contributed by atoms with E-state index in [1.807, 2.05) is 0 Å². The van der Waals surface area contributed by atoms with Crippen molar-refractivity contribution in [2.45, 2.75) is 43.9 Å². The molecule has 0 amide bonds. The molecule has 0 aliphatic carbocycles. The zero-order valence-corrected chi connectivity index (χ0v) is 13.7. The molecule has 0 N–H and O–H groups in total. The fourth-order valence-corrected chi connectivity index (χ4v) is 5.21. The highest BCUT2D eigenvalue weighted by molar-refractivity contribution is 7.89. The van der Waals surface area contributed by atoms with Crippen molar-refractivity contribution in [3.05, 3.63) is 16.3 Å². The van der Waals surface area contributed by atoms with E-state index in [0.717, 1.165) is 24.1 Å². The third kappa shape index (κ3) is 3.51. The van der Waals surface area contributed by atoms with Crippen molar-refractivity contribution < 1.29 is 8.42 Å². The fraction of sp³-hybridized carbons (Fsp3) is 0.692. The van der Waals surface area contributed by atoms with Crippen LogP contribution in [0.15, 0.2) is 16.3 Å². The van der Waals surface area contributed by atoms with Crippen molar-refractivity contribution in [3.8, 4) is 0 Å². The molecule has 1 aromatic heterocycles. The van der Waals surface area contributed by atoms with Gasteiger partial charge in [0.2, 0.25) is 10.0 Å². The van der Waals surface area contributed by atoms with Gasteiger partial charge >= 0.3 is 0 Å². The molecule has 0 atom stereocenters. The molecular formula is C13H20ClNO2S2. The number of thiophene rings is 1. The summed E-state index contributed by atoms with van der Waals surface area (Å²) in [6.45, 7) is 5.65. The molecule has 2 heterocycles. The lowest BCUT2D eigenvalue weighted by atomic mass is 9.85. The number of sulfonamides is 1. The SMILES string of the molecule is CC1(C)CCCN(S(=O)(=O)c2csc(CCl)c2)CC1. The van der Waals surface area contributed by atoms with E-state index < -0.39 is 10.0 Å². The van der Waals surface area contributed by atoms with Gasteiger partial charge in [-0.15, -0.1) is 22.9 Å². The molecule has 0 bridgehead atoms. The number of halogens is 1. The molecule has 1 fully saturated rings. The van der Waals surface area contributed by atoms with Crippen molar-refractivity contribution in [2.75, 3.05) is 13.1 Å². The summed E-state index contributed by atoms with van der Waals surface area (Å²) in [5.74, 6) is 0.368. The Kier molecular flexibility index (Phi) is 4.60. The van der Waals surface area contributed by atoms with Gasteiger partial charge in [-0.3, -0.25) is 0 Å². The van der Waals surface area contributed by atoms with E-state index in [1.165, 1.54) is 11.3 Å². The maximum atomic E-state index is 12.6. The largest absolute Gasteiger partial charge is 0.243 e. The van der Waals surface area contributed by atoms with Crippen LogP contribution in [0.25, 0.3) is 0 Å². The Balaban J connectivity index is 2.20. The summed E-state index contributed by atoms with van der Waals surface area (Å²) in [6.07, 6.45) is 2.92. The van der Waals surface area contributed by atoms with Crippen molar-refractivity contribution in [2.24, 2.45) is 5.41 Å². The second kappa shape index (κ2) is 5.72. The van der Waals surface area contributed by atoms with Gasteiger partial charge in [0.1, 0.15) is 0 Å². The molecule has 1 aliphatic heterocycles. The first kappa shape index (κ1) is 15.3. The molecule has 1 saturated heterocycles. The standard InChI is InChI=1S/C13H20ClNO2S2/c1-13(2)4-3-6-15(7-5-13)19(16,17)12-8-11(9-14)18-10-12/h8,10H,3-7,9H2,1-2H3. The zero-order valence-electron chi connectivity index (χ0n) is 11.4.